The molecule has 0 aromatic heterocycles. The van der Waals surface area contributed by atoms with Crippen LogP contribution in [-0.2, 0) is 11.3 Å². The predicted octanol–water partition coefficient (Wildman–Crippen LogP) is 2.90. The van der Waals surface area contributed by atoms with E-state index in [0.29, 0.717) is 19.0 Å². The lowest BCUT2D eigenvalue weighted by molar-refractivity contribution is -0.128. The van der Waals surface area contributed by atoms with Gasteiger partial charge in [-0.3, -0.25) is 4.79 Å². The lowest BCUT2D eigenvalue weighted by Crippen LogP contribution is -2.37. The maximum atomic E-state index is 12.1. The van der Waals surface area contributed by atoms with E-state index in [1.165, 1.54) is 0 Å². The number of benzene rings is 1. The van der Waals surface area contributed by atoms with Gasteiger partial charge in [-0.1, -0.05) is 18.2 Å². The highest BCUT2D eigenvalue weighted by Gasteiger charge is 2.26. The summed E-state index contributed by atoms with van der Waals surface area (Å²) in [6.45, 7) is 5.76. The number of ether oxygens (including phenoxy) is 1. The minimum absolute atomic E-state index is 0.0510. The number of hydrogen-bond acceptors (Lipinski definition) is 3. The van der Waals surface area contributed by atoms with Gasteiger partial charge in [-0.2, -0.15) is 0 Å². The van der Waals surface area contributed by atoms with Crippen LogP contribution in [0.25, 0.3) is 0 Å². The van der Waals surface area contributed by atoms with Crippen LogP contribution in [0.5, 0.6) is 5.75 Å². The molecule has 0 unspecified atom stereocenters. The number of carbonyl (C=O) groups is 1. The molecule has 0 spiro atoms. The number of para-hydroxylation sites is 1. The van der Waals surface area contributed by atoms with E-state index >= 15 is 0 Å². The van der Waals surface area contributed by atoms with Gasteiger partial charge < -0.3 is 15.0 Å². The van der Waals surface area contributed by atoms with E-state index in [4.69, 9.17) is 16.3 Å². The zero-order valence-corrected chi connectivity index (χ0v) is 14.7. The molecule has 1 rings (SSSR count). The molecule has 124 valence electrons. The van der Waals surface area contributed by atoms with E-state index in [-0.39, 0.29) is 5.91 Å². The maximum absolute atomic E-state index is 12.1. The van der Waals surface area contributed by atoms with Crippen LogP contribution in [0.3, 0.4) is 0 Å². The molecule has 1 aromatic carbocycles. The Labute approximate surface area is 138 Å². The minimum Gasteiger partial charge on any atom is -0.493 e. The number of carbonyl (C=O) groups excluding carboxylic acids is 1. The Morgan fingerprint density at radius 2 is 2.00 bits per heavy atom. The van der Waals surface area contributed by atoms with Gasteiger partial charge in [0.25, 0.3) is 0 Å². The quantitative estimate of drug-likeness (QED) is 0.560. The first-order valence-corrected chi connectivity index (χ1v) is 8.10. The number of amides is 1. The summed E-state index contributed by atoms with van der Waals surface area (Å²) in [7, 11) is 4.09. The van der Waals surface area contributed by atoms with Crippen LogP contribution in [-0.4, -0.2) is 43.9 Å². The van der Waals surface area contributed by atoms with Gasteiger partial charge in [0.15, 0.2) is 0 Å². The van der Waals surface area contributed by atoms with Crippen LogP contribution in [0, 0.1) is 5.41 Å². The van der Waals surface area contributed by atoms with Gasteiger partial charge in [0, 0.05) is 24.5 Å². The molecule has 0 saturated carbocycles. The Bertz CT molecular complexity index is 475. The van der Waals surface area contributed by atoms with Gasteiger partial charge in [0.1, 0.15) is 5.75 Å². The Kier molecular flexibility index (Phi) is 7.69. The summed E-state index contributed by atoms with van der Waals surface area (Å²) >= 11 is 5.82. The van der Waals surface area contributed by atoms with E-state index in [2.05, 4.69) is 10.2 Å². The number of alkyl halides is 1. The van der Waals surface area contributed by atoms with Crippen molar-refractivity contribution >= 4 is 17.5 Å². The first-order valence-electron chi connectivity index (χ1n) is 7.56. The molecule has 0 aliphatic heterocycles. The molecule has 0 heterocycles. The van der Waals surface area contributed by atoms with E-state index in [1.807, 2.05) is 52.2 Å². The molecule has 4 nitrogen and oxygen atoms in total. The monoisotopic (exact) mass is 326 g/mol. The molecule has 1 aromatic rings. The smallest absolute Gasteiger partial charge is 0.227 e. The summed E-state index contributed by atoms with van der Waals surface area (Å²) < 4.78 is 5.83. The largest absolute Gasteiger partial charge is 0.493 e. The van der Waals surface area contributed by atoms with Gasteiger partial charge in [0.05, 0.1) is 12.0 Å². The highest BCUT2D eigenvalue weighted by atomic mass is 35.5. The molecule has 0 radical (unpaired) electrons. The minimum atomic E-state index is -0.566. The fourth-order valence-corrected chi connectivity index (χ4v) is 1.95. The second-order valence-corrected chi connectivity index (χ2v) is 6.58. The van der Waals surface area contributed by atoms with Crippen molar-refractivity contribution in [2.45, 2.75) is 26.8 Å². The van der Waals surface area contributed by atoms with E-state index in [0.717, 1.165) is 24.3 Å². The third-order valence-corrected chi connectivity index (χ3v) is 4.04. The lowest BCUT2D eigenvalue weighted by atomic mass is 9.95. The summed E-state index contributed by atoms with van der Waals surface area (Å²) in [4.78, 5) is 14.2. The molecular formula is C17H27ClN2O2. The van der Waals surface area contributed by atoms with Crippen molar-refractivity contribution in [3.05, 3.63) is 29.8 Å². The summed E-state index contributed by atoms with van der Waals surface area (Å²) in [5, 5.41) is 2.93. The number of nitrogens with zero attached hydrogens (tertiary/aromatic N) is 1. The number of halogens is 1. The SMILES string of the molecule is CN(C)CCCOc1ccccc1CNC(=O)C(C)(C)CCl. The fourth-order valence-electron chi connectivity index (χ4n) is 1.83. The zero-order valence-electron chi connectivity index (χ0n) is 14.0. The van der Waals surface area contributed by atoms with Crippen molar-refractivity contribution in [2.75, 3.05) is 33.1 Å². The summed E-state index contributed by atoms with van der Waals surface area (Å²) in [6.07, 6.45) is 0.965. The van der Waals surface area contributed by atoms with Crippen molar-refractivity contribution in [2.24, 2.45) is 5.41 Å². The fraction of sp³-hybridized carbons (Fsp3) is 0.588. The summed E-state index contributed by atoms with van der Waals surface area (Å²) in [5.74, 6) is 1.07. The average Bonchev–Trinajstić information content (AvgIpc) is 2.49. The van der Waals surface area contributed by atoms with Crippen LogP contribution in [0.4, 0.5) is 0 Å². The molecule has 0 bridgehead atoms. The molecule has 0 aliphatic carbocycles. The molecule has 1 N–H and O–H groups in total. The van der Waals surface area contributed by atoms with Crippen molar-refractivity contribution in [1.82, 2.24) is 10.2 Å². The Morgan fingerprint density at radius 3 is 2.64 bits per heavy atom. The number of rotatable bonds is 9. The van der Waals surface area contributed by atoms with E-state index in [9.17, 15) is 4.79 Å². The predicted molar refractivity (Wildman–Crippen MR) is 91.5 cm³/mol. The second kappa shape index (κ2) is 9.01. The normalized spacial score (nSPS) is 11.5. The zero-order chi connectivity index (χ0) is 16.6. The van der Waals surface area contributed by atoms with Gasteiger partial charge in [-0.05, 0) is 40.4 Å². The lowest BCUT2D eigenvalue weighted by Gasteiger charge is -2.21. The summed E-state index contributed by atoms with van der Waals surface area (Å²) in [6, 6.07) is 7.79. The van der Waals surface area contributed by atoms with Crippen molar-refractivity contribution in [1.29, 1.82) is 0 Å². The van der Waals surface area contributed by atoms with Crippen molar-refractivity contribution in [3.8, 4) is 5.75 Å². The molecule has 0 fully saturated rings. The Morgan fingerprint density at radius 1 is 1.32 bits per heavy atom. The third kappa shape index (κ3) is 6.24. The molecule has 1 amide bonds. The Hall–Kier alpha value is -1.26. The van der Waals surface area contributed by atoms with Crippen LogP contribution >= 0.6 is 11.6 Å². The second-order valence-electron chi connectivity index (χ2n) is 6.31. The van der Waals surface area contributed by atoms with Crippen LogP contribution in [0.15, 0.2) is 24.3 Å². The van der Waals surface area contributed by atoms with Gasteiger partial charge in [-0.15, -0.1) is 11.6 Å². The van der Waals surface area contributed by atoms with Gasteiger partial charge in [-0.25, -0.2) is 0 Å². The molecular weight excluding hydrogens is 300 g/mol. The van der Waals surface area contributed by atoms with Crippen LogP contribution in [0.1, 0.15) is 25.8 Å². The maximum Gasteiger partial charge on any atom is 0.227 e. The van der Waals surface area contributed by atoms with Crippen LogP contribution in [0.2, 0.25) is 0 Å². The molecule has 0 aliphatic rings. The van der Waals surface area contributed by atoms with Crippen molar-refractivity contribution in [3.63, 3.8) is 0 Å². The summed E-state index contributed by atoms with van der Waals surface area (Å²) in [5.41, 5.74) is 0.411. The topological polar surface area (TPSA) is 41.6 Å². The molecule has 0 saturated heterocycles. The number of hydrogen-bond donors (Lipinski definition) is 1. The first-order chi connectivity index (χ1) is 10.4. The average molecular weight is 327 g/mol. The Balaban J connectivity index is 2.55. The third-order valence-electron chi connectivity index (χ3n) is 3.37. The van der Waals surface area contributed by atoms with Crippen LogP contribution < -0.4 is 10.1 Å². The molecule has 5 heteroatoms. The van der Waals surface area contributed by atoms with Gasteiger partial charge in [0.2, 0.25) is 5.91 Å². The van der Waals surface area contributed by atoms with Crippen molar-refractivity contribution < 1.29 is 9.53 Å². The van der Waals surface area contributed by atoms with E-state index < -0.39 is 5.41 Å². The van der Waals surface area contributed by atoms with Gasteiger partial charge >= 0.3 is 0 Å². The standard InChI is InChI=1S/C17H27ClN2O2/c1-17(2,13-18)16(21)19-12-14-8-5-6-9-15(14)22-11-7-10-20(3)4/h5-6,8-9H,7,10-13H2,1-4H3,(H,19,21). The van der Waals surface area contributed by atoms with E-state index in [1.54, 1.807) is 0 Å². The highest BCUT2D eigenvalue weighted by Crippen LogP contribution is 2.20. The first kappa shape index (κ1) is 18.8. The molecule has 0 atom stereocenters. The highest BCUT2D eigenvalue weighted by molar-refractivity contribution is 6.19. The number of nitrogens with one attached hydrogen (secondary N) is 1. The molecule has 22 heavy (non-hydrogen) atoms.